The summed E-state index contributed by atoms with van der Waals surface area (Å²) in [5.41, 5.74) is -0.196. The van der Waals surface area contributed by atoms with Crippen molar-refractivity contribution in [3.05, 3.63) is 40.2 Å². The Balaban J connectivity index is 1.37. The highest BCUT2D eigenvalue weighted by Gasteiger charge is 2.51. The molecule has 4 aliphatic rings. The molecule has 4 fully saturated rings. The topological polar surface area (TPSA) is 68.5 Å². The average molecular weight is 410 g/mol. The Morgan fingerprint density at radius 3 is 2.50 bits per heavy atom. The number of hydrogen-bond donors (Lipinski definition) is 1. The number of benzene rings is 1. The Morgan fingerprint density at radius 2 is 1.83 bits per heavy atom. The van der Waals surface area contributed by atoms with Crippen LogP contribution in [0, 0.1) is 17.8 Å². The summed E-state index contributed by atoms with van der Waals surface area (Å²) >= 11 is 0. The molecule has 2 aromatic rings. The molecule has 1 heterocycles. The average Bonchev–Trinajstić information content (AvgIpc) is 2.69. The van der Waals surface area contributed by atoms with E-state index in [9.17, 15) is 9.59 Å². The Morgan fingerprint density at radius 1 is 1.13 bits per heavy atom. The largest absolute Gasteiger partial charge is 0.490 e. The van der Waals surface area contributed by atoms with Gasteiger partial charge < -0.3 is 14.5 Å². The van der Waals surface area contributed by atoms with Crippen molar-refractivity contribution < 1.29 is 13.9 Å². The van der Waals surface area contributed by atoms with Crippen LogP contribution in [0.1, 0.15) is 75.1 Å². The first kappa shape index (κ1) is 19.7. The number of para-hydroxylation sites is 1. The van der Waals surface area contributed by atoms with E-state index >= 15 is 0 Å². The predicted octanol–water partition coefficient (Wildman–Crippen LogP) is 5.06. The molecule has 0 spiro atoms. The molecule has 6 rings (SSSR count). The third-order valence-corrected chi connectivity index (χ3v) is 7.39. The molecular weight excluding hydrogens is 378 g/mol. The number of carbonyl (C=O) groups is 1. The highest BCUT2D eigenvalue weighted by atomic mass is 16.5. The highest BCUT2D eigenvalue weighted by Crippen LogP contribution is 2.55. The maximum absolute atomic E-state index is 13.1. The minimum absolute atomic E-state index is 0.0985. The Bertz CT molecular complexity index is 973. The van der Waals surface area contributed by atoms with Gasteiger partial charge in [0.1, 0.15) is 5.56 Å². The molecule has 4 bridgehead atoms. The minimum atomic E-state index is -0.589. The first-order chi connectivity index (χ1) is 14.5. The lowest BCUT2D eigenvalue weighted by atomic mass is 9.53. The molecule has 160 valence electrons. The van der Waals surface area contributed by atoms with E-state index in [1.54, 1.807) is 6.07 Å². The molecule has 0 radical (unpaired) electrons. The zero-order valence-electron chi connectivity index (χ0n) is 17.7. The molecule has 5 nitrogen and oxygen atoms in total. The summed E-state index contributed by atoms with van der Waals surface area (Å²) in [5, 5.41) is 4.00. The fraction of sp³-hybridized carbons (Fsp3) is 0.600. The van der Waals surface area contributed by atoms with Crippen LogP contribution >= 0.6 is 0 Å². The van der Waals surface area contributed by atoms with Gasteiger partial charge in [0, 0.05) is 10.9 Å². The molecule has 1 aromatic heterocycles. The molecule has 4 aliphatic carbocycles. The van der Waals surface area contributed by atoms with Crippen molar-refractivity contribution in [1.29, 1.82) is 0 Å². The summed E-state index contributed by atoms with van der Waals surface area (Å²) in [7, 11) is 0. The van der Waals surface area contributed by atoms with Crippen molar-refractivity contribution >= 4 is 16.9 Å². The van der Waals surface area contributed by atoms with Crippen molar-refractivity contribution in [2.75, 3.05) is 6.61 Å². The van der Waals surface area contributed by atoms with Crippen LogP contribution < -0.4 is 15.7 Å². The van der Waals surface area contributed by atoms with E-state index in [0.29, 0.717) is 17.9 Å². The number of nitrogens with one attached hydrogen (secondary N) is 1. The smallest absolute Gasteiger partial charge is 0.349 e. The van der Waals surface area contributed by atoms with Crippen LogP contribution in [0.2, 0.25) is 0 Å². The third-order valence-electron chi connectivity index (χ3n) is 7.39. The molecule has 0 saturated heterocycles. The maximum atomic E-state index is 13.1. The fourth-order valence-electron chi connectivity index (χ4n) is 6.50. The molecule has 5 heteroatoms. The van der Waals surface area contributed by atoms with Gasteiger partial charge in [0.15, 0.2) is 11.3 Å². The molecule has 1 aromatic carbocycles. The fourth-order valence-corrected chi connectivity index (χ4v) is 6.50. The number of unbranched alkanes of at least 4 members (excludes halogenated alkanes) is 2. The molecule has 0 unspecified atom stereocenters. The number of ether oxygens (including phenoxy) is 1. The minimum Gasteiger partial charge on any atom is -0.490 e. The molecular formula is C25H31NO4. The van der Waals surface area contributed by atoms with E-state index in [0.717, 1.165) is 61.7 Å². The van der Waals surface area contributed by atoms with Crippen molar-refractivity contribution in [2.45, 2.75) is 70.3 Å². The number of amides is 1. The third kappa shape index (κ3) is 3.63. The summed E-state index contributed by atoms with van der Waals surface area (Å²) < 4.78 is 11.4. The molecule has 4 saturated carbocycles. The van der Waals surface area contributed by atoms with E-state index in [1.807, 2.05) is 18.2 Å². The summed E-state index contributed by atoms with van der Waals surface area (Å²) in [6.45, 7) is 2.73. The van der Waals surface area contributed by atoms with Crippen molar-refractivity contribution in [3.63, 3.8) is 0 Å². The summed E-state index contributed by atoms with van der Waals surface area (Å²) in [5.74, 6) is 2.47. The molecule has 0 atom stereocenters. The first-order valence-electron chi connectivity index (χ1n) is 11.6. The van der Waals surface area contributed by atoms with Crippen LogP contribution in [-0.4, -0.2) is 18.1 Å². The van der Waals surface area contributed by atoms with Gasteiger partial charge in [-0.05, 0) is 74.8 Å². The zero-order chi connectivity index (χ0) is 20.7. The second-order valence-electron chi connectivity index (χ2n) is 9.83. The standard InChI is InChI=1S/C25H31NO4/c1-2-3-4-8-29-21-7-5-6-19-12-20(24(28)30-22(19)21)23(27)26-25-13-16-9-17(14-25)11-18(10-16)15-25/h5-7,12,16-18H,2-4,8-11,13-15H2,1H3,(H,26,27). The Labute approximate surface area is 177 Å². The summed E-state index contributed by atoms with van der Waals surface area (Å²) in [6.07, 6.45) is 10.3. The van der Waals surface area contributed by atoms with Gasteiger partial charge in [-0.25, -0.2) is 4.79 Å². The van der Waals surface area contributed by atoms with Crippen LogP contribution in [-0.2, 0) is 0 Å². The van der Waals surface area contributed by atoms with E-state index < -0.39 is 5.63 Å². The predicted molar refractivity (Wildman–Crippen MR) is 116 cm³/mol. The number of rotatable bonds is 7. The second-order valence-corrected chi connectivity index (χ2v) is 9.83. The number of hydrogen-bond acceptors (Lipinski definition) is 4. The second kappa shape index (κ2) is 7.75. The maximum Gasteiger partial charge on any atom is 0.349 e. The van der Waals surface area contributed by atoms with Gasteiger partial charge in [-0.3, -0.25) is 4.79 Å². The first-order valence-corrected chi connectivity index (χ1v) is 11.6. The van der Waals surface area contributed by atoms with Gasteiger partial charge in [-0.15, -0.1) is 0 Å². The number of carbonyl (C=O) groups excluding carboxylic acids is 1. The lowest BCUT2D eigenvalue weighted by Gasteiger charge is -2.56. The van der Waals surface area contributed by atoms with Gasteiger partial charge in [0.2, 0.25) is 0 Å². The van der Waals surface area contributed by atoms with Crippen LogP contribution in [0.15, 0.2) is 33.5 Å². The monoisotopic (exact) mass is 409 g/mol. The van der Waals surface area contributed by atoms with Crippen molar-refractivity contribution in [2.24, 2.45) is 17.8 Å². The molecule has 30 heavy (non-hydrogen) atoms. The van der Waals surface area contributed by atoms with Crippen LogP contribution in [0.25, 0.3) is 11.0 Å². The van der Waals surface area contributed by atoms with Gasteiger partial charge in [-0.2, -0.15) is 0 Å². The van der Waals surface area contributed by atoms with Crippen molar-refractivity contribution in [1.82, 2.24) is 5.32 Å². The molecule has 1 N–H and O–H groups in total. The summed E-state index contributed by atoms with van der Waals surface area (Å²) in [6, 6.07) is 7.21. The van der Waals surface area contributed by atoms with Crippen LogP contribution in [0.4, 0.5) is 0 Å². The van der Waals surface area contributed by atoms with Gasteiger partial charge in [-0.1, -0.05) is 31.9 Å². The quantitative estimate of drug-likeness (QED) is 0.513. The normalized spacial score (nSPS) is 29.3. The lowest BCUT2D eigenvalue weighted by Crippen LogP contribution is -2.60. The van der Waals surface area contributed by atoms with Gasteiger partial charge in [0.05, 0.1) is 6.61 Å². The molecule has 1 amide bonds. The van der Waals surface area contributed by atoms with Gasteiger partial charge in [0.25, 0.3) is 5.91 Å². The number of fused-ring (bicyclic) bond motifs is 1. The van der Waals surface area contributed by atoms with E-state index in [4.69, 9.17) is 9.15 Å². The van der Waals surface area contributed by atoms with Crippen molar-refractivity contribution in [3.8, 4) is 5.75 Å². The highest BCUT2D eigenvalue weighted by molar-refractivity contribution is 5.97. The lowest BCUT2D eigenvalue weighted by molar-refractivity contribution is -0.0167. The molecule has 0 aliphatic heterocycles. The Hall–Kier alpha value is -2.30. The van der Waals surface area contributed by atoms with Gasteiger partial charge >= 0.3 is 5.63 Å². The summed E-state index contributed by atoms with van der Waals surface area (Å²) in [4.78, 5) is 25.8. The van der Waals surface area contributed by atoms with E-state index in [1.165, 1.54) is 19.3 Å². The zero-order valence-corrected chi connectivity index (χ0v) is 17.7. The Kier molecular flexibility index (Phi) is 5.08. The van der Waals surface area contributed by atoms with E-state index in [2.05, 4.69) is 12.2 Å². The van der Waals surface area contributed by atoms with Crippen LogP contribution in [0.5, 0.6) is 5.75 Å². The van der Waals surface area contributed by atoms with E-state index in [-0.39, 0.29) is 17.0 Å². The SMILES string of the molecule is CCCCCOc1cccc2cc(C(=O)NC34CC5CC(CC(C5)C3)C4)c(=O)oc12. The van der Waals surface area contributed by atoms with Crippen LogP contribution in [0.3, 0.4) is 0 Å².